The average molecular weight is 250 g/mol. The molecule has 3 nitrogen and oxygen atoms in total. The smallest absolute Gasteiger partial charge is 0.0610 e. The van der Waals surface area contributed by atoms with E-state index >= 15 is 0 Å². The predicted octanol–water partition coefficient (Wildman–Crippen LogP) is 2.18. The highest BCUT2D eigenvalue weighted by Crippen LogP contribution is 2.16. The number of benzene rings is 1. The van der Waals surface area contributed by atoms with Gasteiger partial charge in [0.05, 0.1) is 6.61 Å². The van der Waals surface area contributed by atoms with Gasteiger partial charge in [0.25, 0.3) is 0 Å². The molecule has 0 saturated carbocycles. The van der Waals surface area contributed by atoms with Crippen molar-refractivity contribution in [1.29, 1.82) is 0 Å². The summed E-state index contributed by atoms with van der Waals surface area (Å²) in [6.07, 6.45) is 2.03. The number of aliphatic hydroxyl groups is 1. The number of rotatable bonds is 7. The van der Waals surface area contributed by atoms with Crippen LogP contribution >= 0.6 is 0 Å². The van der Waals surface area contributed by atoms with Crippen LogP contribution in [0.15, 0.2) is 24.3 Å². The lowest BCUT2D eigenvalue weighted by atomic mass is 9.97. The monoisotopic (exact) mass is 250 g/mol. The predicted molar refractivity (Wildman–Crippen MR) is 78.2 cm³/mol. The Morgan fingerprint density at radius 3 is 2.39 bits per heavy atom. The summed E-state index contributed by atoms with van der Waals surface area (Å²) in [7, 11) is 4.01. The molecule has 0 fully saturated rings. The Morgan fingerprint density at radius 1 is 1.28 bits per heavy atom. The number of nitrogens with zero attached hydrogens (tertiary/aromatic N) is 1. The van der Waals surface area contributed by atoms with Crippen molar-refractivity contribution in [2.75, 3.05) is 32.1 Å². The highest BCUT2D eigenvalue weighted by Gasteiger charge is 2.19. The fourth-order valence-electron chi connectivity index (χ4n) is 1.92. The fourth-order valence-corrected chi connectivity index (χ4v) is 1.92. The summed E-state index contributed by atoms with van der Waals surface area (Å²) < 4.78 is 0. The molecular formula is C15H26N2O. The lowest BCUT2D eigenvalue weighted by Crippen LogP contribution is -2.43. The van der Waals surface area contributed by atoms with Gasteiger partial charge in [-0.1, -0.05) is 17.7 Å². The molecule has 3 heteroatoms. The Morgan fingerprint density at radius 2 is 1.89 bits per heavy atom. The summed E-state index contributed by atoms with van der Waals surface area (Å²) in [4.78, 5) is 2.26. The molecule has 0 aromatic heterocycles. The molecule has 18 heavy (non-hydrogen) atoms. The van der Waals surface area contributed by atoms with Gasteiger partial charge in [-0.2, -0.15) is 0 Å². The van der Waals surface area contributed by atoms with Crippen LogP contribution in [0.25, 0.3) is 0 Å². The Balaban J connectivity index is 2.42. The molecule has 0 aliphatic carbocycles. The number of aliphatic hydroxyl groups excluding tert-OH is 1. The largest absolute Gasteiger partial charge is 0.394 e. The van der Waals surface area contributed by atoms with E-state index in [-0.39, 0.29) is 12.1 Å². The van der Waals surface area contributed by atoms with Gasteiger partial charge in [0, 0.05) is 24.8 Å². The minimum atomic E-state index is -0.159. The number of hydrogen-bond donors (Lipinski definition) is 2. The summed E-state index contributed by atoms with van der Waals surface area (Å²) in [6.45, 7) is 5.33. The maximum Gasteiger partial charge on any atom is 0.0610 e. The lowest BCUT2D eigenvalue weighted by molar-refractivity contribution is 0.172. The van der Waals surface area contributed by atoms with Gasteiger partial charge in [-0.3, -0.25) is 0 Å². The molecule has 1 atom stereocenters. The number of aryl methyl sites for hydroxylation is 1. The van der Waals surface area contributed by atoms with Gasteiger partial charge < -0.3 is 15.3 Å². The molecule has 2 N–H and O–H groups in total. The van der Waals surface area contributed by atoms with Crippen molar-refractivity contribution in [3.8, 4) is 0 Å². The first-order valence-corrected chi connectivity index (χ1v) is 6.58. The van der Waals surface area contributed by atoms with Gasteiger partial charge >= 0.3 is 0 Å². The van der Waals surface area contributed by atoms with E-state index in [0.29, 0.717) is 0 Å². The Labute approximate surface area is 111 Å². The molecule has 0 radical (unpaired) electrons. The first-order valence-electron chi connectivity index (χ1n) is 6.58. The van der Waals surface area contributed by atoms with Crippen LogP contribution in [0.4, 0.5) is 5.69 Å². The van der Waals surface area contributed by atoms with Crippen molar-refractivity contribution in [3.63, 3.8) is 0 Å². The van der Waals surface area contributed by atoms with Crippen molar-refractivity contribution in [2.45, 2.75) is 32.2 Å². The van der Waals surface area contributed by atoms with Crippen LogP contribution in [-0.2, 0) is 0 Å². The molecule has 0 amide bonds. The van der Waals surface area contributed by atoms with Crippen molar-refractivity contribution >= 4 is 5.69 Å². The minimum absolute atomic E-state index is 0.159. The first-order chi connectivity index (χ1) is 8.50. The lowest BCUT2D eigenvalue weighted by Gasteiger charge is -2.28. The standard InChI is InChI=1S/C15H26N2O/c1-13-6-8-14(9-7-13)17(4)11-5-10-15(2,12-18)16-3/h6-9,16,18H,5,10-12H2,1-4H3. The molecule has 1 aromatic rings. The third kappa shape index (κ3) is 4.31. The van der Waals surface area contributed by atoms with E-state index in [0.717, 1.165) is 19.4 Å². The topological polar surface area (TPSA) is 35.5 Å². The maximum atomic E-state index is 9.32. The van der Waals surface area contributed by atoms with Crippen LogP contribution in [-0.4, -0.2) is 37.9 Å². The van der Waals surface area contributed by atoms with Gasteiger partial charge in [-0.15, -0.1) is 0 Å². The minimum Gasteiger partial charge on any atom is -0.394 e. The van der Waals surface area contributed by atoms with Crippen LogP contribution in [0.3, 0.4) is 0 Å². The van der Waals surface area contributed by atoms with Crippen LogP contribution in [0.2, 0.25) is 0 Å². The molecule has 1 unspecified atom stereocenters. The summed E-state index contributed by atoms with van der Waals surface area (Å²) in [5.41, 5.74) is 2.37. The van der Waals surface area contributed by atoms with Gasteiger partial charge in [0.2, 0.25) is 0 Å². The number of anilines is 1. The van der Waals surface area contributed by atoms with Gasteiger partial charge in [0.15, 0.2) is 0 Å². The maximum absolute atomic E-state index is 9.32. The zero-order valence-corrected chi connectivity index (χ0v) is 12.0. The van der Waals surface area contributed by atoms with E-state index in [1.165, 1.54) is 11.3 Å². The molecule has 1 rings (SSSR count). The Bertz CT molecular complexity index is 344. The Kier molecular flexibility index (Phi) is 5.63. The summed E-state index contributed by atoms with van der Waals surface area (Å²) in [5.74, 6) is 0. The third-order valence-electron chi connectivity index (χ3n) is 3.65. The third-order valence-corrected chi connectivity index (χ3v) is 3.65. The van der Waals surface area contributed by atoms with Gasteiger partial charge in [0.1, 0.15) is 0 Å². The molecule has 102 valence electrons. The molecular weight excluding hydrogens is 224 g/mol. The average Bonchev–Trinajstić information content (AvgIpc) is 2.39. The highest BCUT2D eigenvalue weighted by molar-refractivity contribution is 5.46. The van der Waals surface area contributed by atoms with Crippen molar-refractivity contribution in [2.24, 2.45) is 0 Å². The van der Waals surface area contributed by atoms with Crippen molar-refractivity contribution in [3.05, 3.63) is 29.8 Å². The summed E-state index contributed by atoms with van der Waals surface area (Å²) in [5, 5.41) is 12.5. The van der Waals surface area contributed by atoms with E-state index in [1.807, 2.05) is 7.05 Å². The summed E-state index contributed by atoms with van der Waals surface area (Å²) in [6, 6.07) is 8.58. The van der Waals surface area contributed by atoms with E-state index < -0.39 is 0 Å². The summed E-state index contributed by atoms with van der Waals surface area (Å²) >= 11 is 0. The second-order valence-corrected chi connectivity index (χ2v) is 5.33. The highest BCUT2D eigenvalue weighted by atomic mass is 16.3. The van der Waals surface area contributed by atoms with Crippen LogP contribution in [0.1, 0.15) is 25.3 Å². The van der Waals surface area contributed by atoms with Crippen molar-refractivity contribution < 1.29 is 5.11 Å². The molecule has 0 heterocycles. The molecule has 0 saturated heterocycles. The first kappa shape index (κ1) is 15.0. The second kappa shape index (κ2) is 6.76. The van der Waals surface area contributed by atoms with E-state index in [1.54, 1.807) is 0 Å². The zero-order chi connectivity index (χ0) is 13.6. The van der Waals surface area contributed by atoms with Crippen molar-refractivity contribution in [1.82, 2.24) is 5.32 Å². The van der Waals surface area contributed by atoms with E-state index in [4.69, 9.17) is 0 Å². The van der Waals surface area contributed by atoms with Crippen LogP contribution in [0, 0.1) is 6.92 Å². The molecule has 1 aromatic carbocycles. The molecule has 0 aliphatic heterocycles. The van der Waals surface area contributed by atoms with Gasteiger partial charge in [-0.05, 0) is 45.9 Å². The SMILES string of the molecule is CNC(C)(CO)CCCN(C)c1ccc(C)cc1. The van der Waals surface area contributed by atoms with E-state index in [2.05, 4.69) is 55.4 Å². The fraction of sp³-hybridized carbons (Fsp3) is 0.600. The molecule has 0 bridgehead atoms. The van der Waals surface area contributed by atoms with E-state index in [9.17, 15) is 5.11 Å². The normalized spacial score (nSPS) is 14.3. The van der Waals surface area contributed by atoms with Crippen LogP contribution < -0.4 is 10.2 Å². The molecule has 0 spiro atoms. The number of nitrogens with one attached hydrogen (secondary N) is 1. The Hall–Kier alpha value is -1.06. The molecule has 0 aliphatic rings. The quantitative estimate of drug-likeness (QED) is 0.778. The van der Waals surface area contributed by atoms with Gasteiger partial charge in [-0.25, -0.2) is 0 Å². The zero-order valence-electron chi connectivity index (χ0n) is 12.0. The second-order valence-electron chi connectivity index (χ2n) is 5.33. The van der Waals surface area contributed by atoms with Crippen LogP contribution in [0.5, 0.6) is 0 Å². The number of hydrogen-bond acceptors (Lipinski definition) is 3. The number of likely N-dealkylation sites (N-methyl/N-ethyl adjacent to an activating group) is 1.